The van der Waals surface area contributed by atoms with Gasteiger partial charge in [-0.05, 0) is 44.0 Å². The van der Waals surface area contributed by atoms with Gasteiger partial charge >= 0.3 is 0 Å². The lowest BCUT2D eigenvalue weighted by Gasteiger charge is -2.20. The molecule has 80 valence electrons. The predicted octanol–water partition coefficient (Wildman–Crippen LogP) is 3.15. The van der Waals surface area contributed by atoms with Gasteiger partial charge < -0.3 is 0 Å². The summed E-state index contributed by atoms with van der Waals surface area (Å²) < 4.78 is 0. The van der Waals surface area contributed by atoms with Gasteiger partial charge in [-0.25, -0.2) is 0 Å². The molecule has 0 saturated heterocycles. The standard InChI is InChI=1S/C13H16ClN/c1-5-13(3,4)15-9-11-6-7-12(14)8-10(11)2/h1,6-8,15H,9H2,2-4H3. The maximum absolute atomic E-state index is 5.88. The maximum atomic E-state index is 5.88. The molecule has 0 aliphatic carbocycles. The van der Waals surface area contributed by atoms with E-state index in [2.05, 4.69) is 11.2 Å². The maximum Gasteiger partial charge on any atom is 0.0743 e. The number of halogens is 1. The van der Waals surface area contributed by atoms with Crippen LogP contribution in [-0.4, -0.2) is 5.54 Å². The Kier molecular flexibility index (Phi) is 3.79. The molecule has 1 aromatic carbocycles. The van der Waals surface area contributed by atoms with Crippen molar-refractivity contribution < 1.29 is 0 Å². The van der Waals surface area contributed by atoms with E-state index in [0.717, 1.165) is 11.6 Å². The summed E-state index contributed by atoms with van der Waals surface area (Å²) in [5, 5.41) is 4.08. The van der Waals surface area contributed by atoms with Crippen molar-refractivity contribution in [3.8, 4) is 12.3 Å². The minimum Gasteiger partial charge on any atom is -0.297 e. The second-order valence-electron chi connectivity index (χ2n) is 4.19. The quantitative estimate of drug-likeness (QED) is 0.774. The van der Waals surface area contributed by atoms with Crippen LogP contribution >= 0.6 is 11.6 Å². The van der Waals surface area contributed by atoms with Crippen molar-refractivity contribution in [2.45, 2.75) is 32.9 Å². The lowest BCUT2D eigenvalue weighted by Crippen LogP contribution is -2.37. The highest BCUT2D eigenvalue weighted by Gasteiger charge is 2.12. The van der Waals surface area contributed by atoms with E-state index in [9.17, 15) is 0 Å². The van der Waals surface area contributed by atoms with Crippen molar-refractivity contribution in [3.05, 3.63) is 34.3 Å². The SMILES string of the molecule is C#CC(C)(C)NCc1ccc(Cl)cc1C. The van der Waals surface area contributed by atoms with Gasteiger partial charge in [-0.3, -0.25) is 5.32 Å². The highest BCUT2D eigenvalue weighted by atomic mass is 35.5. The van der Waals surface area contributed by atoms with Crippen molar-refractivity contribution in [2.24, 2.45) is 0 Å². The van der Waals surface area contributed by atoms with Crippen LogP contribution in [0.3, 0.4) is 0 Å². The van der Waals surface area contributed by atoms with Crippen LogP contribution in [-0.2, 0) is 6.54 Å². The third-order valence-electron chi connectivity index (χ3n) is 2.39. The molecule has 0 saturated carbocycles. The number of hydrogen-bond donors (Lipinski definition) is 1. The Hall–Kier alpha value is -0.970. The lowest BCUT2D eigenvalue weighted by molar-refractivity contribution is 0.490. The van der Waals surface area contributed by atoms with E-state index >= 15 is 0 Å². The Labute approximate surface area is 96.8 Å². The molecule has 0 heterocycles. The molecule has 0 bridgehead atoms. The van der Waals surface area contributed by atoms with Crippen LogP contribution < -0.4 is 5.32 Å². The topological polar surface area (TPSA) is 12.0 Å². The smallest absolute Gasteiger partial charge is 0.0743 e. The van der Waals surface area contributed by atoms with Crippen LogP contribution in [0, 0.1) is 19.3 Å². The molecule has 0 fully saturated rings. The molecule has 15 heavy (non-hydrogen) atoms. The number of aryl methyl sites for hydroxylation is 1. The zero-order chi connectivity index (χ0) is 11.5. The molecule has 0 spiro atoms. The molecule has 1 nitrogen and oxygen atoms in total. The molecular formula is C13H16ClN. The van der Waals surface area contributed by atoms with Gasteiger partial charge in [0, 0.05) is 11.6 Å². The molecule has 0 amide bonds. The Morgan fingerprint density at radius 2 is 2.13 bits per heavy atom. The first-order valence-corrected chi connectivity index (χ1v) is 5.30. The molecule has 1 aromatic rings. The minimum absolute atomic E-state index is 0.272. The van der Waals surface area contributed by atoms with E-state index < -0.39 is 0 Å². The first-order valence-electron chi connectivity index (χ1n) is 4.92. The first-order chi connectivity index (χ1) is 6.94. The van der Waals surface area contributed by atoms with Gasteiger partial charge in [0.1, 0.15) is 0 Å². The summed E-state index contributed by atoms with van der Waals surface area (Å²) in [5.74, 6) is 2.71. The van der Waals surface area contributed by atoms with Gasteiger partial charge in [0.15, 0.2) is 0 Å². The Morgan fingerprint density at radius 3 is 2.67 bits per heavy atom. The van der Waals surface area contributed by atoms with Crippen LogP contribution in [0.4, 0.5) is 0 Å². The predicted molar refractivity (Wildman–Crippen MR) is 65.9 cm³/mol. The zero-order valence-electron chi connectivity index (χ0n) is 9.39. The molecule has 0 atom stereocenters. The van der Waals surface area contributed by atoms with Crippen molar-refractivity contribution in [3.63, 3.8) is 0 Å². The molecular weight excluding hydrogens is 206 g/mol. The third kappa shape index (κ3) is 3.58. The average molecular weight is 222 g/mol. The second kappa shape index (κ2) is 4.70. The second-order valence-corrected chi connectivity index (χ2v) is 4.63. The summed E-state index contributed by atoms with van der Waals surface area (Å²) >= 11 is 5.88. The number of hydrogen-bond acceptors (Lipinski definition) is 1. The molecule has 1 N–H and O–H groups in total. The number of terminal acetylenes is 1. The number of nitrogens with one attached hydrogen (secondary N) is 1. The average Bonchev–Trinajstić information content (AvgIpc) is 2.16. The summed E-state index contributed by atoms with van der Waals surface area (Å²) in [5.41, 5.74) is 2.14. The summed E-state index contributed by atoms with van der Waals surface area (Å²) in [7, 11) is 0. The van der Waals surface area contributed by atoms with Crippen molar-refractivity contribution in [1.29, 1.82) is 0 Å². The van der Waals surface area contributed by atoms with Gasteiger partial charge in [0.05, 0.1) is 5.54 Å². The summed E-state index contributed by atoms with van der Waals surface area (Å²) in [6, 6.07) is 5.88. The number of rotatable bonds is 3. The van der Waals surface area contributed by atoms with Crippen LogP contribution in [0.5, 0.6) is 0 Å². The fourth-order valence-electron chi connectivity index (χ4n) is 1.22. The molecule has 0 unspecified atom stereocenters. The van der Waals surface area contributed by atoms with E-state index in [1.807, 2.05) is 39.0 Å². The van der Waals surface area contributed by atoms with Crippen LogP contribution in [0.25, 0.3) is 0 Å². The van der Waals surface area contributed by atoms with Crippen molar-refractivity contribution in [2.75, 3.05) is 0 Å². The van der Waals surface area contributed by atoms with E-state index in [1.165, 1.54) is 11.1 Å². The fourth-order valence-corrected chi connectivity index (χ4v) is 1.45. The largest absolute Gasteiger partial charge is 0.297 e. The Balaban J connectivity index is 2.71. The normalized spacial score (nSPS) is 11.1. The Bertz CT molecular complexity index is 388. The van der Waals surface area contributed by atoms with Gasteiger partial charge in [0.25, 0.3) is 0 Å². The highest BCUT2D eigenvalue weighted by Crippen LogP contribution is 2.15. The van der Waals surface area contributed by atoms with Gasteiger partial charge in [-0.15, -0.1) is 6.42 Å². The first kappa shape index (κ1) is 12.1. The van der Waals surface area contributed by atoms with Gasteiger partial charge in [-0.1, -0.05) is 23.6 Å². The zero-order valence-corrected chi connectivity index (χ0v) is 10.2. The molecule has 0 radical (unpaired) electrons. The highest BCUT2D eigenvalue weighted by molar-refractivity contribution is 6.30. The summed E-state index contributed by atoms with van der Waals surface area (Å²) in [6.07, 6.45) is 5.40. The summed E-state index contributed by atoms with van der Waals surface area (Å²) in [4.78, 5) is 0. The number of benzene rings is 1. The van der Waals surface area contributed by atoms with Gasteiger partial charge in [-0.2, -0.15) is 0 Å². The molecule has 2 heteroatoms. The molecule has 0 aromatic heterocycles. The monoisotopic (exact) mass is 221 g/mol. The lowest BCUT2D eigenvalue weighted by atomic mass is 10.0. The van der Waals surface area contributed by atoms with Gasteiger partial charge in [0.2, 0.25) is 0 Å². The molecule has 0 aliphatic rings. The fraction of sp³-hybridized carbons (Fsp3) is 0.385. The summed E-state index contributed by atoms with van der Waals surface area (Å²) in [6.45, 7) is 6.78. The van der Waals surface area contributed by atoms with Crippen LogP contribution in [0.2, 0.25) is 5.02 Å². The van der Waals surface area contributed by atoms with E-state index in [1.54, 1.807) is 0 Å². The minimum atomic E-state index is -0.272. The van der Waals surface area contributed by atoms with Crippen molar-refractivity contribution in [1.82, 2.24) is 5.32 Å². The third-order valence-corrected chi connectivity index (χ3v) is 2.62. The van der Waals surface area contributed by atoms with E-state index in [4.69, 9.17) is 18.0 Å². The molecule has 0 aliphatic heterocycles. The van der Waals surface area contributed by atoms with Crippen molar-refractivity contribution >= 4 is 11.6 Å². The van der Waals surface area contributed by atoms with E-state index in [0.29, 0.717) is 0 Å². The van der Waals surface area contributed by atoms with Crippen LogP contribution in [0.1, 0.15) is 25.0 Å². The Morgan fingerprint density at radius 1 is 1.47 bits per heavy atom. The van der Waals surface area contributed by atoms with E-state index in [-0.39, 0.29) is 5.54 Å². The van der Waals surface area contributed by atoms with Crippen LogP contribution in [0.15, 0.2) is 18.2 Å². The molecule has 1 rings (SSSR count).